The molecule has 2 nitrogen and oxygen atoms in total. The molecule has 0 bridgehead atoms. The van der Waals surface area contributed by atoms with Gasteiger partial charge in [-0.15, -0.1) is 0 Å². The number of hydrogen-bond donors (Lipinski definition) is 1. The van der Waals surface area contributed by atoms with E-state index in [1.165, 1.54) is 38.6 Å². The number of hydrogen-bond acceptors (Lipinski definition) is 2. The Kier molecular flexibility index (Phi) is 3.60. The van der Waals surface area contributed by atoms with Crippen molar-refractivity contribution >= 4 is 0 Å². The molecule has 2 aliphatic rings. The highest BCUT2D eigenvalue weighted by Crippen LogP contribution is 2.39. The molecule has 0 amide bonds. The molecule has 1 aliphatic heterocycles. The summed E-state index contributed by atoms with van der Waals surface area (Å²) >= 11 is 0. The molecule has 0 spiro atoms. The fraction of sp³-hybridized carbons (Fsp3) is 1.00. The lowest BCUT2D eigenvalue weighted by Crippen LogP contribution is -2.59. The van der Waals surface area contributed by atoms with Gasteiger partial charge >= 0.3 is 0 Å². The number of nitrogens with zero attached hydrogens (tertiary/aromatic N) is 1. The van der Waals surface area contributed by atoms with Crippen molar-refractivity contribution in [1.29, 1.82) is 0 Å². The zero-order valence-electron chi connectivity index (χ0n) is 11.4. The van der Waals surface area contributed by atoms with Crippen LogP contribution in [0.3, 0.4) is 0 Å². The Morgan fingerprint density at radius 3 is 2.38 bits per heavy atom. The van der Waals surface area contributed by atoms with E-state index in [1.54, 1.807) is 0 Å². The molecule has 1 aliphatic carbocycles. The summed E-state index contributed by atoms with van der Waals surface area (Å²) in [5.74, 6) is 0.774. The van der Waals surface area contributed by atoms with E-state index in [0.717, 1.165) is 18.0 Å². The average molecular weight is 224 g/mol. The van der Waals surface area contributed by atoms with E-state index in [9.17, 15) is 0 Å². The van der Waals surface area contributed by atoms with Crippen LogP contribution >= 0.6 is 0 Å². The van der Waals surface area contributed by atoms with Gasteiger partial charge in [-0.05, 0) is 46.1 Å². The van der Waals surface area contributed by atoms with E-state index in [4.69, 9.17) is 0 Å². The third kappa shape index (κ3) is 2.02. The third-order valence-electron chi connectivity index (χ3n) is 5.31. The van der Waals surface area contributed by atoms with Crippen molar-refractivity contribution in [2.24, 2.45) is 5.92 Å². The molecule has 94 valence electrons. The zero-order valence-corrected chi connectivity index (χ0v) is 11.4. The fourth-order valence-electron chi connectivity index (χ4n) is 3.96. The van der Waals surface area contributed by atoms with Crippen molar-refractivity contribution in [3.63, 3.8) is 0 Å². The second-order valence-corrected chi connectivity index (χ2v) is 6.18. The van der Waals surface area contributed by atoms with Crippen molar-refractivity contribution in [3.8, 4) is 0 Å². The van der Waals surface area contributed by atoms with E-state index in [1.807, 2.05) is 0 Å². The van der Waals surface area contributed by atoms with E-state index in [0.29, 0.717) is 5.54 Å². The van der Waals surface area contributed by atoms with Gasteiger partial charge in [0.1, 0.15) is 0 Å². The first-order valence-corrected chi connectivity index (χ1v) is 7.02. The summed E-state index contributed by atoms with van der Waals surface area (Å²) in [5, 5.41) is 3.48. The smallest absolute Gasteiger partial charge is 0.0184 e. The highest BCUT2D eigenvalue weighted by Gasteiger charge is 2.42. The van der Waals surface area contributed by atoms with Crippen LogP contribution in [0.2, 0.25) is 0 Å². The maximum Gasteiger partial charge on any atom is 0.0184 e. The predicted molar refractivity (Wildman–Crippen MR) is 69.7 cm³/mol. The van der Waals surface area contributed by atoms with Crippen LogP contribution in [0.25, 0.3) is 0 Å². The molecule has 0 aromatic carbocycles. The summed E-state index contributed by atoms with van der Waals surface area (Å²) in [6.07, 6.45) is 7.01. The fourth-order valence-corrected chi connectivity index (χ4v) is 3.96. The third-order valence-corrected chi connectivity index (χ3v) is 5.31. The van der Waals surface area contributed by atoms with E-state index in [2.05, 4.69) is 38.0 Å². The molecule has 0 aromatic heterocycles. The summed E-state index contributed by atoms with van der Waals surface area (Å²) < 4.78 is 0. The first-order chi connectivity index (χ1) is 7.58. The normalized spacial score (nSPS) is 40.1. The molecule has 3 atom stereocenters. The average Bonchev–Trinajstić information content (AvgIpc) is 2.70. The van der Waals surface area contributed by atoms with Gasteiger partial charge in [-0.25, -0.2) is 0 Å². The van der Waals surface area contributed by atoms with Crippen LogP contribution in [0.4, 0.5) is 0 Å². The highest BCUT2D eigenvalue weighted by molar-refractivity contribution is 4.98. The van der Waals surface area contributed by atoms with Crippen molar-refractivity contribution in [3.05, 3.63) is 0 Å². The van der Waals surface area contributed by atoms with Crippen molar-refractivity contribution in [2.75, 3.05) is 13.6 Å². The van der Waals surface area contributed by atoms with Gasteiger partial charge in [-0.3, -0.25) is 4.90 Å². The van der Waals surface area contributed by atoms with Crippen LogP contribution < -0.4 is 5.32 Å². The molecule has 3 unspecified atom stereocenters. The molecule has 16 heavy (non-hydrogen) atoms. The quantitative estimate of drug-likeness (QED) is 0.776. The minimum atomic E-state index is 0.506. The summed E-state index contributed by atoms with van der Waals surface area (Å²) in [5.41, 5.74) is 0.506. The highest BCUT2D eigenvalue weighted by atomic mass is 15.2. The monoisotopic (exact) mass is 224 g/mol. The van der Waals surface area contributed by atoms with E-state index >= 15 is 0 Å². The first-order valence-electron chi connectivity index (χ1n) is 7.02. The van der Waals surface area contributed by atoms with Gasteiger partial charge in [0.2, 0.25) is 0 Å². The molecular weight excluding hydrogens is 196 g/mol. The molecule has 1 heterocycles. The molecule has 0 aromatic rings. The van der Waals surface area contributed by atoms with E-state index < -0.39 is 0 Å². The molecule has 1 saturated carbocycles. The summed E-state index contributed by atoms with van der Waals surface area (Å²) in [4.78, 5) is 2.80. The minimum absolute atomic E-state index is 0.506. The number of nitrogens with one attached hydrogen (secondary N) is 1. The van der Waals surface area contributed by atoms with Crippen LogP contribution in [-0.4, -0.2) is 36.1 Å². The van der Waals surface area contributed by atoms with Gasteiger partial charge in [0.15, 0.2) is 0 Å². The Balaban J connectivity index is 2.07. The Bertz CT molecular complexity index is 233. The first kappa shape index (κ1) is 12.4. The summed E-state index contributed by atoms with van der Waals surface area (Å²) in [6, 6.07) is 1.45. The van der Waals surface area contributed by atoms with E-state index in [-0.39, 0.29) is 0 Å². The van der Waals surface area contributed by atoms with Gasteiger partial charge in [0, 0.05) is 24.2 Å². The molecule has 2 fully saturated rings. The Labute approximate surface area is 101 Å². The lowest BCUT2D eigenvalue weighted by atomic mass is 9.82. The SMILES string of the molecule is CNC1CCN(C2(C)CCCC2)C(C)C1C. The van der Waals surface area contributed by atoms with Crippen molar-refractivity contribution < 1.29 is 0 Å². The Hall–Kier alpha value is -0.0800. The number of likely N-dealkylation sites (tertiary alicyclic amines) is 1. The molecule has 1 N–H and O–H groups in total. The van der Waals surface area contributed by atoms with Crippen LogP contribution in [-0.2, 0) is 0 Å². The number of rotatable bonds is 2. The van der Waals surface area contributed by atoms with Crippen LogP contribution in [0, 0.1) is 5.92 Å². The maximum absolute atomic E-state index is 3.48. The van der Waals surface area contributed by atoms with Gasteiger partial charge in [0.25, 0.3) is 0 Å². The van der Waals surface area contributed by atoms with Gasteiger partial charge in [-0.1, -0.05) is 19.8 Å². The topological polar surface area (TPSA) is 15.3 Å². The maximum atomic E-state index is 3.48. The standard InChI is InChI=1S/C14H28N2/c1-11-12(2)16(10-7-13(11)15-4)14(3)8-5-6-9-14/h11-13,15H,5-10H2,1-4H3. The molecule has 0 radical (unpaired) electrons. The molecular formula is C14H28N2. The van der Waals surface area contributed by atoms with Crippen LogP contribution in [0.15, 0.2) is 0 Å². The second-order valence-electron chi connectivity index (χ2n) is 6.18. The zero-order chi connectivity index (χ0) is 11.8. The summed E-state index contributed by atoms with van der Waals surface area (Å²) in [7, 11) is 2.11. The van der Waals surface area contributed by atoms with Crippen molar-refractivity contribution in [2.45, 2.75) is 70.5 Å². The second kappa shape index (κ2) is 4.66. The van der Waals surface area contributed by atoms with Crippen molar-refractivity contribution in [1.82, 2.24) is 10.2 Å². The van der Waals surface area contributed by atoms with Gasteiger partial charge < -0.3 is 5.32 Å². The molecule has 2 rings (SSSR count). The van der Waals surface area contributed by atoms with Gasteiger partial charge in [-0.2, -0.15) is 0 Å². The largest absolute Gasteiger partial charge is 0.317 e. The lowest BCUT2D eigenvalue weighted by Gasteiger charge is -2.50. The Morgan fingerprint density at radius 1 is 1.19 bits per heavy atom. The van der Waals surface area contributed by atoms with Crippen LogP contribution in [0.1, 0.15) is 52.9 Å². The molecule has 1 saturated heterocycles. The van der Waals surface area contributed by atoms with Gasteiger partial charge in [0.05, 0.1) is 0 Å². The molecule has 2 heteroatoms. The number of piperidine rings is 1. The predicted octanol–water partition coefficient (Wildman–Crippen LogP) is 2.64. The summed E-state index contributed by atoms with van der Waals surface area (Å²) in [6.45, 7) is 8.62. The minimum Gasteiger partial charge on any atom is -0.317 e. The Morgan fingerprint density at radius 2 is 1.81 bits per heavy atom. The van der Waals surface area contributed by atoms with Crippen LogP contribution in [0.5, 0.6) is 0 Å². The lowest BCUT2D eigenvalue weighted by molar-refractivity contribution is 0.0000346.